The Morgan fingerprint density at radius 3 is 2.70 bits per heavy atom. The van der Waals surface area contributed by atoms with Crippen molar-refractivity contribution < 1.29 is 14.3 Å². The largest absolute Gasteiger partial charge is 0.393 e. The van der Waals surface area contributed by atoms with Crippen LogP contribution in [0.4, 0.5) is 4.39 Å². The summed E-state index contributed by atoms with van der Waals surface area (Å²) in [5, 5.41) is 13.0. The summed E-state index contributed by atoms with van der Waals surface area (Å²) in [6.45, 7) is 0.689. The highest BCUT2D eigenvalue weighted by molar-refractivity contribution is 5.82. The normalized spacial score (nSPS) is 30.0. The zero-order valence-corrected chi connectivity index (χ0v) is 13.5. The van der Waals surface area contributed by atoms with E-state index in [-0.39, 0.29) is 29.7 Å². The monoisotopic (exact) mass is 319 g/mol. The van der Waals surface area contributed by atoms with E-state index in [1.54, 1.807) is 12.1 Å². The van der Waals surface area contributed by atoms with Gasteiger partial charge in [-0.15, -0.1) is 0 Å². The van der Waals surface area contributed by atoms with E-state index in [0.29, 0.717) is 12.5 Å². The molecule has 1 amide bonds. The molecule has 0 saturated heterocycles. The lowest BCUT2D eigenvalue weighted by Crippen LogP contribution is -2.29. The summed E-state index contributed by atoms with van der Waals surface area (Å²) < 4.78 is 12.9. The first kappa shape index (κ1) is 16.4. The zero-order valence-electron chi connectivity index (χ0n) is 13.5. The molecular formula is C19H26FNO2. The van der Waals surface area contributed by atoms with Gasteiger partial charge in [-0.3, -0.25) is 4.79 Å². The third-order valence-corrected chi connectivity index (χ3v) is 5.35. The minimum atomic E-state index is -0.236. The van der Waals surface area contributed by atoms with Gasteiger partial charge in [0.2, 0.25) is 5.91 Å². The van der Waals surface area contributed by atoms with Crippen LogP contribution in [0, 0.1) is 17.7 Å². The molecule has 0 spiro atoms. The number of hydrogen-bond acceptors (Lipinski definition) is 2. The summed E-state index contributed by atoms with van der Waals surface area (Å²) in [7, 11) is 0. The lowest BCUT2D eigenvalue weighted by atomic mass is 9.83. The van der Waals surface area contributed by atoms with E-state index in [9.17, 15) is 14.3 Å². The summed E-state index contributed by atoms with van der Waals surface area (Å²) in [6, 6.07) is 6.46. The molecule has 0 bridgehead atoms. The molecular weight excluding hydrogens is 293 g/mol. The highest BCUT2D eigenvalue weighted by Crippen LogP contribution is 2.47. The fraction of sp³-hybridized carbons (Fsp3) is 0.632. The second kappa shape index (κ2) is 7.43. The summed E-state index contributed by atoms with van der Waals surface area (Å²) in [5.74, 6) is 0.578. The average molecular weight is 319 g/mol. The first-order valence-electron chi connectivity index (χ1n) is 8.86. The van der Waals surface area contributed by atoms with Crippen molar-refractivity contribution >= 4 is 5.91 Å². The van der Waals surface area contributed by atoms with Crippen molar-refractivity contribution in [1.29, 1.82) is 0 Å². The average Bonchev–Trinajstić information content (AvgIpc) is 3.34. The summed E-state index contributed by atoms with van der Waals surface area (Å²) in [5.41, 5.74) is 1.05. The summed E-state index contributed by atoms with van der Waals surface area (Å²) in [6.07, 6.45) is 7.04. The number of benzene rings is 1. The molecule has 4 heteroatoms. The molecule has 2 aliphatic rings. The van der Waals surface area contributed by atoms with Crippen LogP contribution in [0.15, 0.2) is 24.3 Å². The second-order valence-corrected chi connectivity index (χ2v) is 7.05. The Kier molecular flexibility index (Phi) is 5.31. The molecule has 4 unspecified atom stereocenters. The maximum absolute atomic E-state index is 12.9. The first-order valence-corrected chi connectivity index (χ1v) is 8.86. The van der Waals surface area contributed by atoms with Gasteiger partial charge in [0, 0.05) is 12.5 Å². The van der Waals surface area contributed by atoms with Crippen molar-refractivity contribution in [2.24, 2.45) is 11.8 Å². The molecule has 0 heterocycles. The Morgan fingerprint density at radius 1 is 1.22 bits per heavy atom. The second-order valence-electron chi connectivity index (χ2n) is 7.05. The van der Waals surface area contributed by atoms with Gasteiger partial charge < -0.3 is 10.4 Å². The summed E-state index contributed by atoms with van der Waals surface area (Å²) in [4.78, 5) is 12.1. The van der Waals surface area contributed by atoms with Crippen LogP contribution in [0.25, 0.3) is 0 Å². The Labute approximate surface area is 137 Å². The van der Waals surface area contributed by atoms with Gasteiger partial charge in [-0.2, -0.15) is 0 Å². The van der Waals surface area contributed by atoms with Crippen molar-refractivity contribution in [3.05, 3.63) is 35.6 Å². The third-order valence-electron chi connectivity index (χ3n) is 5.35. The van der Waals surface area contributed by atoms with Gasteiger partial charge in [0.15, 0.2) is 0 Å². The Morgan fingerprint density at radius 2 is 1.96 bits per heavy atom. The van der Waals surface area contributed by atoms with Gasteiger partial charge in [0.25, 0.3) is 0 Å². The molecule has 23 heavy (non-hydrogen) atoms. The molecule has 2 fully saturated rings. The van der Waals surface area contributed by atoms with Crippen LogP contribution in [-0.4, -0.2) is 23.7 Å². The molecule has 2 N–H and O–H groups in total. The van der Waals surface area contributed by atoms with Crippen molar-refractivity contribution in [2.45, 2.75) is 57.0 Å². The van der Waals surface area contributed by atoms with Crippen LogP contribution < -0.4 is 5.32 Å². The quantitative estimate of drug-likeness (QED) is 0.790. The molecule has 3 nitrogen and oxygen atoms in total. The lowest BCUT2D eigenvalue weighted by molar-refractivity contribution is -0.122. The molecule has 4 atom stereocenters. The van der Waals surface area contributed by atoms with E-state index in [2.05, 4.69) is 5.32 Å². The number of carbonyl (C=O) groups is 1. The predicted octanol–water partition coefficient (Wildman–Crippen LogP) is 3.38. The van der Waals surface area contributed by atoms with Crippen LogP contribution in [0.2, 0.25) is 0 Å². The lowest BCUT2D eigenvalue weighted by Gasteiger charge is -2.27. The van der Waals surface area contributed by atoms with E-state index >= 15 is 0 Å². The zero-order chi connectivity index (χ0) is 16.2. The van der Waals surface area contributed by atoms with Crippen molar-refractivity contribution in [3.63, 3.8) is 0 Å². The van der Waals surface area contributed by atoms with Crippen molar-refractivity contribution in [3.8, 4) is 0 Å². The van der Waals surface area contributed by atoms with Crippen molar-refractivity contribution in [2.75, 3.05) is 6.54 Å². The van der Waals surface area contributed by atoms with Crippen LogP contribution in [0.1, 0.15) is 56.4 Å². The fourth-order valence-corrected chi connectivity index (χ4v) is 3.79. The predicted molar refractivity (Wildman–Crippen MR) is 87.5 cm³/mol. The van der Waals surface area contributed by atoms with Gasteiger partial charge in [-0.1, -0.05) is 25.0 Å². The van der Waals surface area contributed by atoms with E-state index in [1.807, 2.05) is 0 Å². The number of nitrogens with one attached hydrogen (secondary N) is 1. The van der Waals surface area contributed by atoms with E-state index in [1.165, 1.54) is 18.6 Å². The number of hydrogen-bond donors (Lipinski definition) is 2. The Hall–Kier alpha value is -1.42. The van der Waals surface area contributed by atoms with E-state index in [4.69, 9.17) is 0 Å². The van der Waals surface area contributed by atoms with Crippen LogP contribution in [0.5, 0.6) is 0 Å². The topological polar surface area (TPSA) is 49.3 Å². The standard InChI is InChI=1S/C19H26FNO2/c20-15-9-7-13(8-10-15)16-12-17(16)19(23)21-11-3-5-14-4-1-2-6-18(14)22/h7-10,14,16-18,22H,1-6,11-12H2,(H,21,23). The number of aliphatic hydroxyl groups excluding tert-OH is 1. The number of aliphatic hydroxyl groups is 1. The van der Waals surface area contributed by atoms with E-state index < -0.39 is 0 Å². The van der Waals surface area contributed by atoms with Gasteiger partial charge in [-0.25, -0.2) is 4.39 Å². The van der Waals surface area contributed by atoms with Crippen LogP contribution in [0.3, 0.4) is 0 Å². The SMILES string of the molecule is O=C(NCCCC1CCCCC1O)C1CC1c1ccc(F)cc1. The van der Waals surface area contributed by atoms with Gasteiger partial charge in [0.05, 0.1) is 6.10 Å². The van der Waals surface area contributed by atoms with Gasteiger partial charge >= 0.3 is 0 Å². The first-order chi connectivity index (χ1) is 11.1. The van der Waals surface area contributed by atoms with Gasteiger partial charge in [-0.05, 0) is 61.6 Å². The minimum absolute atomic E-state index is 0.0423. The number of carbonyl (C=O) groups excluding carboxylic acids is 1. The molecule has 2 aliphatic carbocycles. The molecule has 0 radical (unpaired) electrons. The molecule has 1 aromatic rings. The van der Waals surface area contributed by atoms with Crippen molar-refractivity contribution in [1.82, 2.24) is 5.32 Å². The van der Waals surface area contributed by atoms with Crippen LogP contribution >= 0.6 is 0 Å². The molecule has 126 valence electrons. The number of rotatable bonds is 6. The number of halogens is 1. The minimum Gasteiger partial charge on any atom is -0.393 e. The highest BCUT2D eigenvalue weighted by atomic mass is 19.1. The maximum atomic E-state index is 12.9. The van der Waals surface area contributed by atoms with Crippen LogP contribution in [-0.2, 0) is 4.79 Å². The third kappa shape index (κ3) is 4.31. The molecule has 2 saturated carbocycles. The Balaban J connectivity index is 1.35. The smallest absolute Gasteiger partial charge is 0.223 e. The molecule has 0 aromatic heterocycles. The highest BCUT2D eigenvalue weighted by Gasteiger charge is 2.43. The Bertz CT molecular complexity index is 531. The summed E-state index contributed by atoms with van der Waals surface area (Å²) >= 11 is 0. The van der Waals surface area contributed by atoms with E-state index in [0.717, 1.165) is 44.1 Å². The molecule has 3 rings (SSSR count). The molecule has 0 aliphatic heterocycles. The number of amides is 1. The maximum Gasteiger partial charge on any atom is 0.223 e. The molecule has 1 aromatic carbocycles. The fourth-order valence-electron chi connectivity index (χ4n) is 3.79. The van der Waals surface area contributed by atoms with Gasteiger partial charge in [0.1, 0.15) is 5.82 Å².